The second kappa shape index (κ2) is 7.19. The molecule has 0 unspecified atom stereocenters. The van der Waals surface area contributed by atoms with Crippen molar-refractivity contribution < 1.29 is 14.3 Å². The predicted octanol–water partition coefficient (Wildman–Crippen LogP) is 2.79. The monoisotopic (exact) mass is 341 g/mol. The largest absolute Gasteiger partial charge is 0.467 e. The number of nitrogens with zero attached hydrogens (tertiary/aromatic N) is 2. The first-order valence-electron chi connectivity index (χ1n) is 8.41. The van der Waals surface area contributed by atoms with Crippen molar-refractivity contribution in [1.82, 2.24) is 9.97 Å². The van der Waals surface area contributed by atoms with Crippen LogP contribution in [0.1, 0.15) is 29.8 Å². The molecule has 0 aliphatic carbocycles. The molecule has 0 bridgehead atoms. The summed E-state index contributed by atoms with van der Waals surface area (Å²) in [7, 11) is 1.53. The number of anilines is 1. The van der Waals surface area contributed by atoms with Crippen LogP contribution in [0.3, 0.4) is 0 Å². The molecule has 1 aliphatic heterocycles. The standard InChI is InChI=1S/C19H23N3O3/c1-13-16(14(2)21-18(20-13)24-3)22-17(23)19(9-11-25-12-10-19)15-7-5-4-6-8-15/h4-8H,9-12H2,1-3H3,(H,22,23). The van der Waals surface area contributed by atoms with Gasteiger partial charge in [0.15, 0.2) is 0 Å². The van der Waals surface area contributed by atoms with E-state index in [0.717, 1.165) is 5.56 Å². The number of hydrogen-bond acceptors (Lipinski definition) is 5. The maximum Gasteiger partial charge on any atom is 0.316 e. The van der Waals surface area contributed by atoms with Gasteiger partial charge in [-0.05, 0) is 32.3 Å². The van der Waals surface area contributed by atoms with Gasteiger partial charge in [0.1, 0.15) is 0 Å². The molecule has 132 valence electrons. The lowest BCUT2D eigenvalue weighted by Gasteiger charge is -2.36. The van der Waals surface area contributed by atoms with Crippen molar-refractivity contribution in [2.24, 2.45) is 0 Å². The van der Waals surface area contributed by atoms with Crippen LogP contribution in [0.2, 0.25) is 0 Å². The third-order valence-corrected chi connectivity index (χ3v) is 4.78. The van der Waals surface area contributed by atoms with Crippen LogP contribution in [0.5, 0.6) is 6.01 Å². The van der Waals surface area contributed by atoms with E-state index in [-0.39, 0.29) is 5.91 Å². The van der Waals surface area contributed by atoms with Crippen LogP contribution in [0.4, 0.5) is 5.69 Å². The van der Waals surface area contributed by atoms with Crippen molar-refractivity contribution >= 4 is 11.6 Å². The number of ether oxygens (including phenoxy) is 2. The molecule has 0 atom stereocenters. The Labute approximate surface area is 147 Å². The van der Waals surface area contributed by atoms with E-state index in [1.807, 2.05) is 44.2 Å². The Bertz CT molecular complexity index is 733. The fraction of sp³-hybridized carbons (Fsp3) is 0.421. The highest BCUT2D eigenvalue weighted by atomic mass is 16.5. The summed E-state index contributed by atoms with van der Waals surface area (Å²) in [5.74, 6) is -0.0398. The van der Waals surface area contributed by atoms with Crippen molar-refractivity contribution in [3.63, 3.8) is 0 Å². The molecule has 6 heteroatoms. The predicted molar refractivity (Wildman–Crippen MR) is 94.9 cm³/mol. The summed E-state index contributed by atoms with van der Waals surface area (Å²) < 4.78 is 10.6. The van der Waals surface area contributed by atoms with E-state index in [0.29, 0.717) is 49.1 Å². The minimum Gasteiger partial charge on any atom is -0.467 e. The highest BCUT2D eigenvalue weighted by Gasteiger charge is 2.42. The summed E-state index contributed by atoms with van der Waals surface area (Å²) in [6.07, 6.45) is 1.30. The lowest BCUT2D eigenvalue weighted by molar-refractivity contribution is -0.125. The maximum atomic E-state index is 13.3. The van der Waals surface area contributed by atoms with E-state index < -0.39 is 5.41 Å². The first kappa shape index (κ1) is 17.4. The van der Waals surface area contributed by atoms with Gasteiger partial charge in [0.05, 0.1) is 29.6 Å². The summed E-state index contributed by atoms with van der Waals surface area (Å²) in [5.41, 5.74) is 2.44. The molecular weight excluding hydrogens is 318 g/mol. The average molecular weight is 341 g/mol. The number of hydrogen-bond donors (Lipinski definition) is 1. The van der Waals surface area contributed by atoms with Crippen LogP contribution in [-0.4, -0.2) is 36.2 Å². The topological polar surface area (TPSA) is 73.3 Å². The number of rotatable bonds is 4. The van der Waals surface area contributed by atoms with Gasteiger partial charge in [-0.2, -0.15) is 9.97 Å². The molecule has 1 amide bonds. The molecule has 0 saturated carbocycles. The Balaban J connectivity index is 1.95. The van der Waals surface area contributed by atoms with Gasteiger partial charge >= 0.3 is 6.01 Å². The second-order valence-corrected chi connectivity index (χ2v) is 6.27. The summed E-state index contributed by atoms with van der Waals surface area (Å²) in [6, 6.07) is 10.2. The highest BCUT2D eigenvalue weighted by molar-refractivity contribution is 6.00. The zero-order valence-electron chi connectivity index (χ0n) is 14.8. The maximum absolute atomic E-state index is 13.3. The molecule has 0 radical (unpaired) electrons. The Morgan fingerprint density at radius 2 is 1.72 bits per heavy atom. The Morgan fingerprint density at radius 1 is 1.12 bits per heavy atom. The SMILES string of the molecule is COc1nc(C)c(NC(=O)C2(c3ccccc3)CCOCC2)c(C)n1. The molecule has 3 rings (SSSR count). The van der Waals surface area contributed by atoms with Crippen LogP contribution in [0.25, 0.3) is 0 Å². The van der Waals surface area contributed by atoms with Gasteiger partial charge in [-0.25, -0.2) is 0 Å². The number of methoxy groups -OCH3 is 1. The van der Waals surface area contributed by atoms with Gasteiger partial charge in [-0.3, -0.25) is 4.79 Å². The molecule has 1 saturated heterocycles. The molecule has 6 nitrogen and oxygen atoms in total. The fourth-order valence-corrected chi connectivity index (χ4v) is 3.31. The number of aromatic nitrogens is 2. The number of amides is 1. The third kappa shape index (κ3) is 3.35. The smallest absolute Gasteiger partial charge is 0.316 e. The average Bonchev–Trinajstić information content (AvgIpc) is 2.65. The van der Waals surface area contributed by atoms with Gasteiger partial charge in [0.2, 0.25) is 5.91 Å². The van der Waals surface area contributed by atoms with E-state index in [9.17, 15) is 4.79 Å². The van der Waals surface area contributed by atoms with Crippen LogP contribution in [-0.2, 0) is 14.9 Å². The van der Waals surface area contributed by atoms with Crippen molar-refractivity contribution in [3.05, 3.63) is 47.3 Å². The Morgan fingerprint density at radius 3 is 2.28 bits per heavy atom. The van der Waals surface area contributed by atoms with E-state index in [1.165, 1.54) is 7.11 Å². The zero-order chi connectivity index (χ0) is 17.9. The molecular formula is C19H23N3O3. The Kier molecular flexibility index (Phi) is 4.99. The minimum absolute atomic E-state index is 0.0398. The van der Waals surface area contributed by atoms with E-state index in [2.05, 4.69) is 15.3 Å². The van der Waals surface area contributed by atoms with Crippen LogP contribution in [0.15, 0.2) is 30.3 Å². The Hall–Kier alpha value is -2.47. The lowest BCUT2D eigenvalue weighted by atomic mass is 9.73. The van der Waals surface area contributed by atoms with Gasteiger partial charge in [-0.15, -0.1) is 0 Å². The third-order valence-electron chi connectivity index (χ3n) is 4.78. The van der Waals surface area contributed by atoms with Crippen molar-refractivity contribution in [1.29, 1.82) is 0 Å². The number of carbonyl (C=O) groups excluding carboxylic acids is 1. The van der Waals surface area contributed by atoms with Crippen LogP contribution < -0.4 is 10.1 Å². The molecule has 2 aromatic rings. The van der Waals surface area contributed by atoms with Gasteiger partial charge < -0.3 is 14.8 Å². The van der Waals surface area contributed by atoms with Gasteiger partial charge in [-0.1, -0.05) is 30.3 Å². The van der Waals surface area contributed by atoms with E-state index in [4.69, 9.17) is 9.47 Å². The number of aryl methyl sites for hydroxylation is 2. The highest BCUT2D eigenvalue weighted by Crippen LogP contribution is 2.36. The van der Waals surface area contributed by atoms with E-state index >= 15 is 0 Å². The van der Waals surface area contributed by atoms with Gasteiger partial charge in [0, 0.05) is 13.2 Å². The first-order valence-corrected chi connectivity index (χ1v) is 8.41. The first-order chi connectivity index (χ1) is 12.1. The number of nitrogens with one attached hydrogen (secondary N) is 1. The minimum atomic E-state index is -0.599. The summed E-state index contributed by atoms with van der Waals surface area (Å²) in [5, 5.41) is 3.06. The van der Waals surface area contributed by atoms with Crippen LogP contribution >= 0.6 is 0 Å². The quantitative estimate of drug-likeness (QED) is 0.926. The molecule has 2 heterocycles. The van der Waals surface area contributed by atoms with Gasteiger partial charge in [0.25, 0.3) is 0 Å². The number of carbonyl (C=O) groups is 1. The molecule has 1 N–H and O–H groups in total. The van der Waals surface area contributed by atoms with Crippen molar-refractivity contribution in [2.45, 2.75) is 32.1 Å². The number of benzene rings is 1. The van der Waals surface area contributed by atoms with Crippen molar-refractivity contribution in [2.75, 3.05) is 25.6 Å². The fourth-order valence-electron chi connectivity index (χ4n) is 3.31. The summed E-state index contributed by atoms with van der Waals surface area (Å²) >= 11 is 0. The molecule has 1 aromatic heterocycles. The van der Waals surface area contributed by atoms with E-state index in [1.54, 1.807) is 0 Å². The molecule has 1 aliphatic rings. The normalized spacial score (nSPS) is 16.3. The zero-order valence-corrected chi connectivity index (χ0v) is 14.8. The molecule has 1 fully saturated rings. The molecule has 25 heavy (non-hydrogen) atoms. The second-order valence-electron chi connectivity index (χ2n) is 6.27. The van der Waals surface area contributed by atoms with Crippen LogP contribution in [0, 0.1) is 13.8 Å². The summed E-state index contributed by atoms with van der Waals surface area (Å²) in [4.78, 5) is 21.8. The molecule has 0 spiro atoms. The van der Waals surface area contributed by atoms with Crippen molar-refractivity contribution in [3.8, 4) is 6.01 Å². The molecule has 1 aromatic carbocycles. The summed E-state index contributed by atoms with van der Waals surface area (Å²) in [6.45, 7) is 4.82. The lowest BCUT2D eigenvalue weighted by Crippen LogP contribution is -2.45.